The van der Waals surface area contributed by atoms with Gasteiger partial charge in [0.15, 0.2) is 10.6 Å². The van der Waals surface area contributed by atoms with Gasteiger partial charge in [0.25, 0.3) is 0 Å². The number of pyridine rings is 1. The third kappa shape index (κ3) is 4.03. The maximum atomic E-state index is 13.1. The van der Waals surface area contributed by atoms with Crippen LogP contribution >= 0.6 is 23.2 Å². The van der Waals surface area contributed by atoms with Gasteiger partial charge < -0.3 is 9.29 Å². The largest absolute Gasteiger partial charge is 0.612 e. The molecule has 0 aliphatic rings. The Morgan fingerprint density at radius 2 is 1.88 bits per heavy atom. The molecule has 0 amide bonds. The number of rotatable bonds is 3. The monoisotopic (exact) mass is 411 g/mol. The van der Waals surface area contributed by atoms with Gasteiger partial charge in [-0.1, -0.05) is 29.3 Å². The van der Waals surface area contributed by atoms with E-state index < -0.39 is 33.8 Å². The van der Waals surface area contributed by atoms with Crippen LogP contribution in [0.3, 0.4) is 0 Å². The fourth-order valence-corrected chi connectivity index (χ4v) is 3.72. The summed E-state index contributed by atoms with van der Waals surface area (Å²) in [6, 6.07) is 4.59. The summed E-state index contributed by atoms with van der Waals surface area (Å²) in [6.45, 7) is 0. The first-order chi connectivity index (χ1) is 11.6. The normalized spacial score (nSPS) is 12.8. The summed E-state index contributed by atoms with van der Waals surface area (Å²) in [5.41, 5.74) is -1.13. The minimum absolute atomic E-state index is 0.0120. The number of aromatic nitrogens is 1. The molecular weight excluding hydrogens is 402 g/mol. The van der Waals surface area contributed by atoms with Gasteiger partial charge in [0.2, 0.25) is 0 Å². The zero-order chi connectivity index (χ0) is 18.9. The van der Waals surface area contributed by atoms with E-state index in [2.05, 4.69) is 9.72 Å². The summed E-state index contributed by atoms with van der Waals surface area (Å²) in [4.78, 5) is 15.1. The van der Waals surface area contributed by atoms with Gasteiger partial charge in [0, 0.05) is 5.56 Å². The van der Waals surface area contributed by atoms with E-state index in [-0.39, 0.29) is 27.0 Å². The molecule has 1 unspecified atom stereocenters. The van der Waals surface area contributed by atoms with Crippen molar-refractivity contribution in [3.05, 3.63) is 45.6 Å². The summed E-state index contributed by atoms with van der Waals surface area (Å²) in [6.07, 6.45) is -3.62. The summed E-state index contributed by atoms with van der Waals surface area (Å²) < 4.78 is 55.7. The molecule has 0 bridgehead atoms. The smallest absolute Gasteiger partial charge is 0.421 e. The van der Waals surface area contributed by atoms with Crippen LogP contribution in [0.25, 0.3) is 11.3 Å². The number of alkyl halides is 3. The molecule has 0 fully saturated rings. The fraction of sp³-hybridized carbons (Fsp3) is 0.200. The van der Waals surface area contributed by atoms with E-state index >= 15 is 0 Å². The molecule has 134 valence electrons. The van der Waals surface area contributed by atoms with Crippen molar-refractivity contribution in [1.82, 2.24) is 4.98 Å². The molecule has 2 rings (SSSR count). The first kappa shape index (κ1) is 19.8. The second kappa shape index (κ2) is 7.41. The fourth-order valence-electron chi connectivity index (χ4n) is 2.09. The Kier molecular flexibility index (Phi) is 5.88. The number of carbonyl (C=O) groups is 1. The lowest BCUT2D eigenvalue weighted by Crippen LogP contribution is -2.14. The van der Waals surface area contributed by atoms with Crippen LogP contribution < -0.4 is 0 Å². The second-order valence-corrected chi connectivity index (χ2v) is 6.88. The van der Waals surface area contributed by atoms with Gasteiger partial charge in [-0.2, -0.15) is 13.2 Å². The van der Waals surface area contributed by atoms with Gasteiger partial charge >= 0.3 is 12.1 Å². The van der Waals surface area contributed by atoms with Gasteiger partial charge in [0.05, 0.1) is 17.8 Å². The first-order valence-corrected chi connectivity index (χ1v) is 8.87. The molecule has 1 aromatic heterocycles. The van der Waals surface area contributed by atoms with Crippen LogP contribution in [0.1, 0.15) is 16.1 Å². The number of hydrogen-bond acceptors (Lipinski definition) is 4. The van der Waals surface area contributed by atoms with Crippen molar-refractivity contribution in [1.29, 1.82) is 0 Å². The van der Waals surface area contributed by atoms with Crippen molar-refractivity contribution in [3.63, 3.8) is 0 Å². The van der Waals surface area contributed by atoms with Crippen molar-refractivity contribution in [3.8, 4) is 11.3 Å². The SMILES string of the molecule is COC(=O)c1nc(-c2ccc(C(F)(F)F)c([S+](C)[O-])c2Cl)ccc1Cl. The molecule has 0 N–H and O–H groups in total. The molecule has 0 saturated heterocycles. The Hall–Kier alpha value is -1.48. The predicted molar refractivity (Wildman–Crippen MR) is 88.4 cm³/mol. The molecule has 1 aromatic carbocycles. The van der Waals surface area contributed by atoms with Crippen LogP contribution in [0, 0.1) is 0 Å². The minimum atomic E-state index is -4.71. The molecule has 0 saturated carbocycles. The van der Waals surface area contributed by atoms with Crippen molar-refractivity contribution in [2.24, 2.45) is 0 Å². The average molecular weight is 412 g/mol. The molecule has 0 radical (unpaired) electrons. The average Bonchev–Trinajstić information content (AvgIpc) is 2.53. The highest BCUT2D eigenvalue weighted by Crippen LogP contribution is 2.41. The molecule has 0 aliphatic carbocycles. The van der Waals surface area contributed by atoms with E-state index in [0.717, 1.165) is 25.5 Å². The van der Waals surface area contributed by atoms with Gasteiger partial charge in [-0.25, -0.2) is 9.78 Å². The lowest BCUT2D eigenvalue weighted by Gasteiger charge is -2.16. The Bertz CT molecular complexity index is 828. The molecule has 10 heteroatoms. The van der Waals surface area contributed by atoms with Crippen LogP contribution in [0.5, 0.6) is 0 Å². The number of hydrogen-bond donors (Lipinski definition) is 0. The van der Waals surface area contributed by atoms with Gasteiger partial charge in [0.1, 0.15) is 16.8 Å². The van der Waals surface area contributed by atoms with E-state index in [1.54, 1.807) is 0 Å². The molecule has 25 heavy (non-hydrogen) atoms. The number of esters is 1. The van der Waals surface area contributed by atoms with E-state index in [4.69, 9.17) is 23.2 Å². The molecule has 4 nitrogen and oxygen atoms in total. The Balaban J connectivity index is 2.69. The predicted octanol–water partition coefficient (Wildman–Crippen LogP) is 4.60. The van der Waals surface area contributed by atoms with Crippen LogP contribution in [0.15, 0.2) is 29.2 Å². The number of carbonyl (C=O) groups excluding carboxylic acids is 1. The molecule has 1 heterocycles. The zero-order valence-corrected chi connectivity index (χ0v) is 15.1. The topological polar surface area (TPSA) is 62.2 Å². The van der Waals surface area contributed by atoms with Gasteiger partial charge in [-0.05, 0) is 29.4 Å². The van der Waals surface area contributed by atoms with E-state index in [9.17, 15) is 22.5 Å². The standard InChI is InChI=1S/C15H10Cl2F3NO3S/c1-24-14(22)12-9(16)5-6-10(21-12)7-3-4-8(15(18,19)20)13(11(7)17)25(2)23/h3-6H,1-2H3. The number of methoxy groups -OCH3 is 1. The third-order valence-electron chi connectivity index (χ3n) is 3.19. The maximum absolute atomic E-state index is 13.1. The number of nitrogens with zero attached hydrogens (tertiary/aromatic N) is 1. The molecule has 2 aromatic rings. The highest BCUT2D eigenvalue weighted by molar-refractivity contribution is 7.90. The summed E-state index contributed by atoms with van der Waals surface area (Å²) >= 11 is 9.94. The highest BCUT2D eigenvalue weighted by Gasteiger charge is 2.39. The summed E-state index contributed by atoms with van der Waals surface area (Å²) in [7, 11) is 1.14. The van der Waals surface area contributed by atoms with Crippen LogP contribution in [-0.2, 0) is 22.1 Å². The van der Waals surface area contributed by atoms with Crippen molar-refractivity contribution < 1.29 is 27.3 Å². The third-order valence-corrected chi connectivity index (χ3v) is 5.00. The maximum Gasteiger partial charge on any atom is 0.421 e. The molecule has 1 atom stereocenters. The second-order valence-electron chi connectivity index (χ2n) is 4.77. The van der Waals surface area contributed by atoms with Gasteiger partial charge in [-0.15, -0.1) is 0 Å². The summed E-state index contributed by atoms with van der Waals surface area (Å²) in [5, 5.41) is -0.348. The minimum Gasteiger partial charge on any atom is -0.612 e. The molecule has 0 spiro atoms. The Morgan fingerprint density at radius 3 is 2.40 bits per heavy atom. The van der Waals surface area contributed by atoms with Crippen molar-refractivity contribution >= 4 is 40.3 Å². The van der Waals surface area contributed by atoms with Crippen molar-refractivity contribution in [2.45, 2.75) is 11.1 Å². The quantitative estimate of drug-likeness (QED) is 0.546. The number of benzene rings is 1. The number of ether oxygens (including phenoxy) is 1. The first-order valence-electron chi connectivity index (χ1n) is 6.56. The van der Waals surface area contributed by atoms with E-state index in [1.807, 2.05) is 0 Å². The Labute approximate surface area is 154 Å². The van der Waals surface area contributed by atoms with E-state index in [0.29, 0.717) is 0 Å². The number of halogens is 5. The molecular formula is C15H10Cl2F3NO3S. The van der Waals surface area contributed by atoms with E-state index in [1.165, 1.54) is 12.1 Å². The van der Waals surface area contributed by atoms with Gasteiger partial charge in [-0.3, -0.25) is 0 Å². The lowest BCUT2D eigenvalue weighted by molar-refractivity contribution is -0.139. The zero-order valence-electron chi connectivity index (χ0n) is 12.8. The van der Waals surface area contributed by atoms with Crippen molar-refractivity contribution in [2.75, 3.05) is 13.4 Å². The molecule has 0 aliphatic heterocycles. The van der Waals surface area contributed by atoms with Crippen LogP contribution in [0.4, 0.5) is 13.2 Å². The van der Waals surface area contributed by atoms with Crippen LogP contribution in [0.2, 0.25) is 10.0 Å². The highest BCUT2D eigenvalue weighted by atomic mass is 35.5. The summed E-state index contributed by atoms with van der Waals surface area (Å²) in [5.74, 6) is -0.811. The van der Waals surface area contributed by atoms with Crippen LogP contribution in [-0.4, -0.2) is 28.9 Å². The lowest BCUT2D eigenvalue weighted by atomic mass is 10.1. The Morgan fingerprint density at radius 1 is 1.24 bits per heavy atom.